The van der Waals surface area contributed by atoms with Gasteiger partial charge in [-0.15, -0.1) is 11.3 Å². The fourth-order valence-electron chi connectivity index (χ4n) is 1.48. The van der Waals surface area contributed by atoms with Crippen molar-refractivity contribution < 1.29 is 0 Å². The number of thiophene rings is 1. The van der Waals surface area contributed by atoms with Gasteiger partial charge in [0.1, 0.15) is 10.3 Å². The Morgan fingerprint density at radius 3 is 2.60 bits per heavy atom. The molecular formula is C10H4Cl2N2S. The van der Waals surface area contributed by atoms with Crippen molar-refractivity contribution in [1.82, 2.24) is 9.97 Å². The summed E-state index contributed by atoms with van der Waals surface area (Å²) in [6.45, 7) is 0. The van der Waals surface area contributed by atoms with E-state index in [4.69, 9.17) is 23.2 Å². The Bertz CT molecular complexity index is 663. The summed E-state index contributed by atoms with van der Waals surface area (Å²) in [6, 6.07) is 8.00. The normalized spacial score (nSPS) is 11.3. The van der Waals surface area contributed by atoms with E-state index in [0.29, 0.717) is 0 Å². The molecule has 0 radical (unpaired) electrons. The summed E-state index contributed by atoms with van der Waals surface area (Å²) in [5.74, 6) is 0. The van der Waals surface area contributed by atoms with Crippen molar-refractivity contribution in [1.29, 1.82) is 0 Å². The summed E-state index contributed by atoms with van der Waals surface area (Å²) in [5.41, 5.74) is 0.824. The van der Waals surface area contributed by atoms with Gasteiger partial charge in [0.05, 0.1) is 0 Å². The van der Waals surface area contributed by atoms with Gasteiger partial charge in [-0.3, -0.25) is 0 Å². The molecule has 2 heterocycles. The Labute approximate surface area is 99.5 Å². The Hall–Kier alpha value is -0.900. The van der Waals surface area contributed by atoms with Crippen molar-refractivity contribution in [3.05, 3.63) is 34.6 Å². The fraction of sp³-hybridized carbons (Fsp3) is 0. The third-order valence-corrected chi connectivity index (χ3v) is 3.81. The van der Waals surface area contributed by atoms with E-state index in [0.717, 1.165) is 20.4 Å². The van der Waals surface area contributed by atoms with E-state index >= 15 is 0 Å². The standard InChI is InChI=1S/C10H4Cl2N2S/c11-8-9(12)14-10-7(13-8)5-3-1-2-4-6(5)15-10/h1-4H. The van der Waals surface area contributed by atoms with Crippen LogP contribution in [0.3, 0.4) is 0 Å². The van der Waals surface area contributed by atoms with Gasteiger partial charge < -0.3 is 0 Å². The largest absolute Gasteiger partial charge is 0.230 e. The Morgan fingerprint density at radius 2 is 1.73 bits per heavy atom. The molecule has 1 aromatic carbocycles. The number of hydrogen-bond donors (Lipinski definition) is 0. The molecule has 2 aromatic heterocycles. The first kappa shape index (κ1) is 9.33. The fourth-order valence-corrected chi connectivity index (χ4v) is 2.80. The summed E-state index contributed by atoms with van der Waals surface area (Å²) in [6.07, 6.45) is 0. The molecule has 0 unspecified atom stereocenters. The lowest BCUT2D eigenvalue weighted by Gasteiger charge is -1.93. The molecule has 74 valence electrons. The number of fused-ring (bicyclic) bond motifs is 3. The molecule has 3 aromatic rings. The van der Waals surface area contributed by atoms with Crippen LogP contribution in [-0.2, 0) is 0 Å². The zero-order chi connectivity index (χ0) is 10.4. The molecule has 5 heteroatoms. The summed E-state index contributed by atoms with van der Waals surface area (Å²) >= 11 is 13.2. The Morgan fingerprint density at radius 1 is 1.00 bits per heavy atom. The maximum atomic E-state index is 5.84. The van der Waals surface area contributed by atoms with Crippen LogP contribution < -0.4 is 0 Å². The quantitative estimate of drug-likeness (QED) is 0.603. The van der Waals surface area contributed by atoms with E-state index in [1.807, 2.05) is 24.3 Å². The summed E-state index contributed by atoms with van der Waals surface area (Å²) in [4.78, 5) is 9.27. The maximum Gasteiger partial charge on any atom is 0.168 e. The lowest BCUT2D eigenvalue weighted by molar-refractivity contribution is 1.32. The van der Waals surface area contributed by atoms with E-state index in [2.05, 4.69) is 9.97 Å². The number of nitrogens with zero attached hydrogens (tertiary/aromatic N) is 2. The van der Waals surface area contributed by atoms with E-state index in [1.165, 1.54) is 0 Å². The van der Waals surface area contributed by atoms with Crippen LogP contribution in [0.5, 0.6) is 0 Å². The van der Waals surface area contributed by atoms with Crippen LogP contribution in [0.4, 0.5) is 0 Å². The van der Waals surface area contributed by atoms with Crippen LogP contribution in [0.15, 0.2) is 24.3 Å². The van der Waals surface area contributed by atoms with Gasteiger partial charge in [-0.1, -0.05) is 41.4 Å². The highest BCUT2D eigenvalue weighted by Gasteiger charge is 2.10. The zero-order valence-corrected chi connectivity index (χ0v) is 9.70. The molecular weight excluding hydrogens is 251 g/mol. The number of halogens is 2. The van der Waals surface area contributed by atoms with Crippen molar-refractivity contribution in [2.45, 2.75) is 0 Å². The van der Waals surface area contributed by atoms with Crippen LogP contribution in [0.25, 0.3) is 20.4 Å². The smallest absolute Gasteiger partial charge is 0.168 e. The molecule has 0 aliphatic rings. The topological polar surface area (TPSA) is 25.8 Å². The molecule has 0 spiro atoms. The molecule has 0 N–H and O–H groups in total. The van der Waals surface area contributed by atoms with E-state index < -0.39 is 0 Å². The SMILES string of the molecule is Clc1nc2sc3ccccc3c2nc1Cl. The summed E-state index contributed by atoms with van der Waals surface area (Å²) in [5, 5.41) is 1.59. The van der Waals surface area contributed by atoms with Crippen LogP contribution in [0.1, 0.15) is 0 Å². The molecule has 0 saturated heterocycles. The van der Waals surface area contributed by atoms with Gasteiger partial charge in [-0.25, -0.2) is 9.97 Å². The van der Waals surface area contributed by atoms with E-state index in [9.17, 15) is 0 Å². The molecule has 0 fully saturated rings. The zero-order valence-electron chi connectivity index (χ0n) is 7.37. The average Bonchev–Trinajstić information content (AvgIpc) is 2.57. The second-order valence-electron chi connectivity index (χ2n) is 3.06. The van der Waals surface area contributed by atoms with Gasteiger partial charge in [-0.2, -0.15) is 0 Å². The highest BCUT2D eigenvalue weighted by Crippen LogP contribution is 2.33. The molecule has 15 heavy (non-hydrogen) atoms. The third kappa shape index (κ3) is 1.39. The average molecular weight is 255 g/mol. The van der Waals surface area contributed by atoms with Crippen molar-refractivity contribution in [3.63, 3.8) is 0 Å². The van der Waals surface area contributed by atoms with Crippen LogP contribution in [0, 0.1) is 0 Å². The Balaban J connectivity index is 2.56. The van der Waals surface area contributed by atoms with Crippen LogP contribution in [-0.4, -0.2) is 9.97 Å². The number of hydrogen-bond acceptors (Lipinski definition) is 3. The van der Waals surface area contributed by atoms with Gasteiger partial charge in [0.25, 0.3) is 0 Å². The van der Waals surface area contributed by atoms with Crippen LogP contribution >= 0.6 is 34.5 Å². The van der Waals surface area contributed by atoms with Crippen molar-refractivity contribution in [2.24, 2.45) is 0 Å². The predicted octanol–water partition coefficient (Wildman–Crippen LogP) is 4.15. The van der Waals surface area contributed by atoms with Gasteiger partial charge >= 0.3 is 0 Å². The minimum absolute atomic E-state index is 0.257. The first-order valence-electron chi connectivity index (χ1n) is 4.26. The van der Waals surface area contributed by atoms with Gasteiger partial charge in [0.2, 0.25) is 0 Å². The molecule has 0 atom stereocenters. The monoisotopic (exact) mass is 254 g/mol. The van der Waals surface area contributed by atoms with Crippen molar-refractivity contribution >= 4 is 55.0 Å². The highest BCUT2D eigenvalue weighted by molar-refractivity contribution is 7.25. The molecule has 0 amide bonds. The summed E-state index contributed by atoms with van der Waals surface area (Å²) in [7, 11) is 0. The lowest BCUT2D eigenvalue weighted by atomic mass is 10.2. The summed E-state index contributed by atoms with van der Waals surface area (Å²) < 4.78 is 1.14. The molecule has 3 rings (SSSR count). The minimum atomic E-state index is 0.257. The predicted molar refractivity (Wildman–Crippen MR) is 64.9 cm³/mol. The maximum absolute atomic E-state index is 5.84. The molecule has 0 aliphatic heterocycles. The molecule has 0 saturated carbocycles. The van der Waals surface area contributed by atoms with Gasteiger partial charge in [0, 0.05) is 10.1 Å². The Kier molecular flexibility index (Phi) is 2.06. The van der Waals surface area contributed by atoms with Gasteiger partial charge in [0.15, 0.2) is 10.3 Å². The van der Waals surface area contributed by atoms with E-state index in [1.54, 1.807) is 11.3 Å². The molecule has 2 nitrogen and oxygen atoms in total. The number of benzene rings is 1. The second kappa shape index (κ2) is 3.30. The van der Waals surface area contributed by atoms with Gasteiger partial charge in [-0.05, 0) is 6.07 Å². The number of aromatic nitrogens is 2. The molecule has 0 aliphatic carbocycles. The van der Waals surface area contributed by atoms with Crippen LogP contribution in [0.2, 0.25) is 10.3 Å². The molecule has 0 bridgehead atoms. The number of rotatable bonds is 0. The first-order chi connectivity index (χ1) is 7.25. The first-order valence-corrected chi connectivity index (χ1v) is 5.83. The lowest BCUT2D eigenvalue weighted by Crippen LogP contribution is -1.82. The van der Waals surface area contributed by atoms with E-state index in [-0.39, 0.29) is 10.3 Å². The third-order valence-electron chi connectivity index (χ3n) is 2.13. The second-order valence-corrected chi connectivity index (χ2v) is 4.80. The minimum Gasteiger partial charge on any atom is -0.230 e. The highest BCUT2D eigenvalue weighted by atomic mass is 35.5. The van der Waals surface area contributed by atoms with Crippen molar-refractivity contribution in [3.8, 4) is 0 Å². The van der Waals surface area contributed by atoms with Crippen molar-refractivity contribution in [2.75, 3.05) is 0 Å².